The first-order valence-corrected chi connectivity index (χ1v) is 3.97. The van der Waals surface area contributed by atoms with Crippen molar-refractivity contribution in [3.63, 3.8) is 0 Å². The van der Waals surface area contributed by atoms with E-state index in [4.69, 9.17) is 0 Å². The number of benzene rings is 1. The smallest absolute Gasteiger partial charge is 0.203 e. The van der Waals surface area contributed by atoms with Gasteiger partial charge in [-0.05, 0) is 24.1 Å². The molecule has 0 atom stereocenters. The highest BCUT2D eigenvalue weighted by Gasteiger charge is 2.36. The Kier molecular flexibility index (Phi) is 2.83. The zero-order valence-electron chi connectivity index (χ0n) is 7.75. The van der Waals surface area contributed by atoms with Crippen LogP contribution in [0.15, 0.2) is 12.6 Å². The summed E-state index contributed by atoms with van der Waals surface area (Å²) in [6.07, 6.45) is -3.86. The maximum Gasteiger partial charge on any atom is 0.419 e. The molecule has 1 rings (SSSR count). The van der Waals surface area contributed by atoms with E-state index in [0.29, 0.717) is 6.07 Å². The largest absolute Gasteiger partial charge is 0.419 e. The molecule has 0 N–H and O–H groups in total. The van der Waals surface area contributed by atoms with E-state index in [9.17, 15) is 22.0 Å². The molecule has 0 aromatic heterocycles. The molecule has 0 aliphatic carbocycles. The molecule has 0 nitrogen and oxygen atoms in total. The van der Waals surface area contributed by atoms with E-state index >= 15 is 0 Å². The summed E-state index contributed by atoms with van der Waals surface area (Å²) in [6.45, 7) is 4.42. The first-order chi connectivity index (χ1) is 6.79. The lowest BCUT2D eigenvalue weighted by atomic mass is 10.0. The van der Waals surface area contributed by atoms with E-state index in [2.05, 4.69) is 6.58 Å². The van der Waals surface area contributed by atoms with E-state index in [1.54, 1.807) is 0 Å². The molecule has 0 fully saturated rings. The van der Waals surface area contributed by atoms with Gasteiger partial charge in [-0.1, -0.05) is 12.7 Å². The summed E-state index contributed by atoms with van der Waals surface area (Å²) < 4.78 is 62.7. The van der Waals surface area contributed by atoms with Crippen molar-refractivity contribution in [2.75, 3.05) is 0 Å². The van der Waals surface area contributed by atoms with Gasteiger partial charge >= 0.3 is 6.18 Å². The maximum atomic E-state index is 13.0. The molecule has 0 unspecified atom stereocenters. The summed E-state index contributed by atoms with van der Waals surface area (Å²) in [5, 5.41) is 0. The fourth-order valence-electron chi connectivity index (χ4n) is 1.15. The van der Waals surface area contributed by atoms with Crippen LogP contribution in [0.1, 0.15) is 16.7 Å². The van der Waals surface area contributed by atoms with Crippen molar-refractivity contribution in [1.82, 2.24) is 0 Å². The lowest BCUT2D eigenvalue weighted by Gasteiger charge is -2.11. The minimum atomic E-state index is -4.91. The van der Waals surface area contributed by atoms with Crippen LogP contribution in [0.5, 0.6) is 0 Å². The lowest BCUT2D eigenvalue weighted by molar-refractivity contribution is -0.140. The molecule has 0 spiro atoms. The molecule has 5 heteroatoms. The second-order valence-corrected chi connectivity index (χ2v) is 2.97. The summed E-state index contributed by atoms with van der Waals surface area (Å²) in [7, 11) is 0. The summed E-state index contributed by atoms with van der Waals surface area (Å²) in [5.41, 5.74) is -1.86. The average Bonchev–Trinajstić information content (AvgIpc) is 2.13. The summed E-state index contributed by atoms with van der Waals surface area (Å²) >= 11 is 0. The molecule has 0 saturated heterocycles. The van der Waals surface area contributed by atoms with Crippen LogP contribution in [0.4, 0.5) is 22.0 Å². The third-order valence-electron chi connectivity index (χ3n) is 2.02. The molecular weight excluding hydrogens is 215 g/mol. The Morgan fingerprint density at radius 2 is 1.73 bits per heavy atom. The number of rotatable bonds is 1. The van der Waals surface area contributed by atoms with Gasteiger partial charge in [-0.15, -0.1) is 0 Å². The molecule has 0 aliphatic heterocycles. The highest BCUT2D eigenvalue weighted by Crippen LogP contribution is 2.34. The zero-order chi connectivity index (χ0) is 11.8. The van der Waals surface area contributed by atoms with Crippen LogP contribution in [-0.4, -0.2) is 0 Å². The van der Waals surface area contributed by atoms with Crippen LogP contribution in [0.2, 0.25) is 0 Å². The van der Waals surface area contributed by atoms with Gasteiger partial charge in [0, 0.05) is 0 Å². The number of halogens is 5. The fraction of sp³-hybridized carbons (Fsp3) is 0.200. The van der Waals surface area contributed by atoms with Crippen LogP contribution in [0, 0.1) is 18.6 Å². The van der Waals surface area contributed by atoms with Crippen LogP contribution >= 0.6 is 0 Å². The monoisotopic (exact) mass is 222 g/mol. The molecule has 1 aromatic carbocycles. The predicted molar refractivity (Wildman–Crippen MR) is 46.2 cm³/mol. The Balaban J connectivity index is 3.56. The Bertz CT molecular complexity index is 403. The summed E-state index contributed by atoms with van der Waals surface area (Å²) in [4.78, 5) is 0. The van der Waals surface area contributed by atoms with Crippen LogP contribution in [0.3, 0.4) is 0 Å². The SMILES string of the molecule is C=Cc1cc(C(F)(F)F)c(F)c(F)c1C. The predicted octanol–water partition coefficient (Wildman–Crippen LogP) is 3.94. The standard InChI is InChI=1S/C10H7F5/c1-3-6-4-7(10(13,14)15)9(12)8(11)5(6)2/h3-4H,1H2,2H3. The first-order valence-electron chi connectivity index (χ1n) is 3.97. The molecule has 82 valence electrons. The molecule has 0 saturated carbocycles. The minimum Gasteiger partial charge on any atom is -0.203 e. The van der Waals surface area contributed by atoms with Crippen molar-refractivity contribution in [2.24, 2.45) is 0 Å². The number of hydrogen-bond donors (Lipinski definition) is 0. The van der Waals surface area contributed by atoms with Gasteiger partial charge in [0.05, 0.1) is 5.56 Å². The third-order valence-corrected chi connectivity index (χ3v) is 2.02. The number of hydrogen-bond acceptors (Lipinski definition) is 0. The lowest BCUT2D eigenvalue weighted by Crippen LogP contribution is -2.11. The molecule has 0 heterocycles. The second kappa shape index (κ2) is 3.64. The van der Waals surface area contributed by atoms with Crippen molar-refractivity contribution >= 4 is 6.08 Å². The third kappa shape index (κ3) is 2.00. The molecule has 1 aromatic rings. The van der Waals surface area contributed by atoms with E-state index in [1.165, 1.54) is 6.92 Å². The fourth-order valence-corrected chi connectivity index (χ4v) is 1.15. The Morgan fingerprint density at radius 1 is 1.20 bits per heavy atom. The molecule has 0 radical (unpaired) electrons. The van der Waals surface area contributed by atoms with Gasteiger partial charge in [0.1, 0.15) is 0 Å². The summed E-state index contributed by atoms with van der Waals surface area (Å²) in [5.74, 6) is -3.36. The van der Waals surface area contributed by atoms with Crippen LogP contribution in [0.25, 0.3) is 6.08 Å². The van der Waals surface area contributed by atoms with E-state index < -0.39 is 23.4 Å². The highest BCUT2D eigenvalue weighted by molar-refractivity contribution is 5.54. The average molecular weight is 222 g/mol. The van der Waals surface area contributed by atoms with Gasteiger partial charge in [-0.3, -0.25) is 0 Å². The molecule has 0 amide bonds. The Labute approximate surface area is 83.0 Å². The normalized spacial score (nSPS) is 11.6. The van der Waals surface area contributed by atoms with Crippen molar-refractivity contribution < 1.29 is 22.0 Å². The van der Waals surface area contributed by atoms with Gasteiger partial charge in [0.25, 0.3) is 0 Å². The minimum absolute atomic E-state index is 0.0683. The van der Waals surface area contributed by atoms with Gasteiger partial charge in [0.15, 0.2) is 11.6 Å². The number of alkyl halides is 3. The molecule has 15 heavy (non-hydrogen) atoms. The van der Waals surface area contributed by atoms with E-state index in [0.717, 1.165) is 6.08 Å². The molecular formula is C10H7F5. The highest BCUT2D eigenvalue weighted by atomic mass is 19.4. The topological polar surface area (TPSA) is 0 Å². The quantitative estimate of drug-likeness (QED) is 0.631. The van der Waals surface area contributed by atoms with Crippen molar-refractivity contribution in [2.45, 2.75) is 13.1 Å². The second-order valence-electron chi connectivity index (χ2n) is 2.97. The van der Waals surface area contributed by atoms with Gasteiger partial charge < -0.3 is 0 Å². The molecule has 0 bridgehead atoms. The van der Waals surface area contributed by atoms with Gasteiger partial charge in [-0.25, -0.2) is 8.78 Å². The van der Waals surface area contributed by atoms with Gasteiger partial charge in [-0.2, -0.15) is 13.2 Å². The van der Waals surface area contributed by atoms with Crippen molar-refractivity contribution in [1.29, 1.82) is 0 Å². The Morgan fingerprint density at radius 3 is 2.13 bits per heavy atom. The van der Waals surface area contributed by atoms with Gasteiger partial charge in [0.2, 0.25) is 0 Å². The maximum absolute atomic E-state index is 13.0. The zero-order valence-corrected chi connectivity index (χ0v) is 7.75. The van der Waals surface area contributed by atoms with Crippen LogP contribution in [-0.2, 0) is 6.18 Å². The summed E-state index contributed by atoms with van der Waals surface area (Å²) in [6, 6.07) is 0.542. The van der Waals surface area contributed by atoms with Crippen molar-refractivity contribution in [3.05, 3.63) is 41.0 Å². The molecule has 0 aliphatic rings. The van der Waals surface area contributed by atoms with Crippen LogP contribution < -0.4 is 0 Å². The van der Waals surface area contributed by atoms with Crippen molar-refractivity contribution in [3.8, 4) is 0 Å². The first kappa shape index (κ1) is 11.7. The van der Waals surface area contributed by atoms with E-state index in [-0.39, 0.29) is 11.1 Å². The Hall–Kier alpha value is -1.39. The van der Waals surface area contributed by atoms with E-state index in [1.807, 2.05) is 0 Å².